The molecule has 1 saturated carbocycles. The average Bonchev–Trinajstić information content (AvgIpc) is 3.47. The Morgan fingerprint density at radius 1 is 1.12 bits per heavy atom. The largest absolute Gasteiger partial charge is 0.497 e. The molecule has 126 valence electrons. The second-order valence-electron chi connectivity index (χ2n) is 6.16. The van der Waals surface area contributed by atoms with Crippen molar-refractivity contribution >= 4 is 17.0 Å². The molecule has 3 aromatic rings. The lowest BCUT2D eigenvalue weighted by Gasteiger charge is -2.16. The summed E-state index contributed by atoms with van der Waals surface area (Å²) in [6.45, 7) is 3.93. The Hall–Kier alpha value is -2.88. The fourth-order valence-corrected chi connectivity index (χ4v) is 2.98. The van der Waals surface area contributed by atoms with Crippen molar-refractivity contribution in [2.24, 2.45) is 0 Å². The Balaban J connectivity index is 1.88. The van der Waals surface area contributed by atoms with Crippen LogP contribution in [0.1, 0.15) is 30.0 Å². The van der Waals surface area contributed by atoms with Crippen LogP contribution in [-0.4, -0.2) is 12.1 Å². The van der Waals surface area contributed by atoms with Gasteiger partial charge >= 0.3 is 0 Å². The highest BCUT2D eigenvalue weighted by Crippen LogP contribution is 2.46. The minimum atomic E-state index is -0.317. The summed E-state index contributed by atoms with van der Waals surface area (Å²) in [5.41, 5.74) is 2.56. The summed E-state index contributed by atoms with van der Waals surface area (Å²) in [7, 11) is 1.62. The van der Waals surface area contributed by atoms with E-state index in [2.05, 4.69) is 6.58 Å². The molecule has 0 spiro atoms. The first-order valence-electron chi connectivity index (χ1n) is 8.27. The molecule has 4 rings (SSSR count). The summed E-state index contributed by atoms with van der Waals surface area (Å²) < 4.78 is 25.2. The van der Waals surface area contributed by atoms with Crippen molar-refractivity contribution in [3.8, 4) is 17.2 Å². The quantitative estimate of drug-likeness (QED) is 0.600. The highest BCUT2D eigenvalue weighted by atomic mass is 19.1. The standard InChI is InChI=1S/C21H18FNO2/c1-3-17-20(13-4-5-13)23-19-11-6-14(22)12-18(19)21(17)25-16-9-7-15(24-2)8-10-16/h3,6-13H,1,4-5H2,2H3. The number of rotatable bonds is 5. The van der Waals surface area contributed by atoms with Gasteiger partial charge in [-0.1, -0.05) is 12.7 Å². The number of fused-ring (bicyclic) bond motifs is 1. The molecule has 0 N–H and O–H groups in total. The summed E-state index contributed by atoms with van der Waals surface area (Å²) in [6, 6.07) is 11.9. The van der Waals surface area contributed by atoms with E-state index in [9.17, 15) is 4.39 Å². The van der Waals surface area contributed by atoms with Crippen molar-refractivity contribution < 1.29 is 13.9 Å². The average molecular weight is 335 g/mol. The maximum absolute atomic E-state index is 13.8. The second kappa shape index (κ2) is 6.20. The Morgan fingerprint density at radius 2 is 1.84 bits per heavy atom. The molecule has 1 fully saturated rings. The van der Waals surface area contributed by atoms with Gasteiger partial charge in [0.1, 0.15) is 23.1 Å². The summed E-state index contributed by atoms with van der Waals surface area (Å²) in [5, 5.41) is 0.648. The summed E-state index contributed by atoms with van der Waals surface area (Å²) in [5.74, 6) is 2.12. The van der Waals surface area contributed by atoms with Crippen LogP contribution < -0.4 is 9.47 Å². The van der Waals surface area contributed by atoms with E-state index in [4.69, 9.17) is 14.5 Å². The topological polar surface area (TPSA) is 31.4 Å². The van der Waals surface area contributed by atoms with Crippen LogP contribution in [0.25, 0.3) is 17.0 Å². The van der Waals surface area contributed by atoms with Gasteiger partial charge in [0.2, 0.25) is 0 Å². The van der Waals surface area contributed by atoms with Crippen molar-refractivity contribution in [1.29, 1.82) is 0 Å². The van der Waals surface area contributed by atoms with Gasteiger partial charge in [0.15, 0.2) is 0 Å². The lowest BCUT2D eigenvalue weighted by Crippen LogP contribution is -1.99. The number of hydrogen-bond acceptors (Lipinski definition) is 3. The number of halogens is 1. The fraction of sp³-hybridized carbons (Fsp3) is 0.190. The van der Waals surface area contributed by atoms with Gasteiger partial charge in [-0.2, -0.15) is 0 Å². The van der Waals surface area contributed by atoms with Crippen LogP contribution >= 0.6 is 0 Å². The minimum Gasteiger partial charge on any atom is -0.497 e. The van der Waals surface area contributed by atoms with Gasteiger partial charge in [0.25, 0.3) is 0 Å². The number of nitrogens with zero attached hydrogens (tertiary/aromatic N) is 1. The first-order valence-corrected chi connectivity index (χ1v) is 8.27. The Labute approximate surface area is 145 Å². The van der Waals surface area contributed by atoms with Crippen LogP contribution in [0.15, 0.2) is 49.0 Å². The zero-order chi connectivity index (χ0) is 17.4. The molecule has 0 unspecified atom stereocenters. The molecule has 0 bridgehead atoms. The summed E-state index contributed by atoms with van der Waals surface area (Å²) in [4.78, 5) is 4.74. The van der Waals surface area contributed by atoms with E-state index in [0.29, 0.717) is 22.8 Å². The van der Waals surface area contributed by atoms with E-state index in [1.807, 2.05) is 24.3 Å². The van der Waals surface area contributed by atoms with Gasteiger partial charge in [0, 0.05) is 16.9 Å². The lowest BCUT2D eigenvalue weighted by atomic mass is 10.0. The number of ether oxygens (including phenoxy) is 2. The maximum atomic E-state index is 13.8. The molecule has 2 aromatic carbocycles. The first-order chi connectivity index (χ1) is 12.2. The zero-order valence-electron chi connectivity index (χ0n) is 14.0. The van der Waals surface area contributed by atoms with E-state index < -0.39 is 0 Å². The fourth-order valence-electron chi connectivity index (χ4n) is 2.98. The van der Waals surface area contributed by atoms with Gasteiger partial charge in [-0.25, -0.2) is 4.39 Å². The molecule has 1 aliphatic carbocycles. The molecular weight excluding hydrogens is 317 g/mol. The molecule has 1 heterocycles. The third-order valence-corrected chi connectivity index (χ3v) is 4.41. The van der Waals surface area contributed by atoms with Gasteiger partial charge < -0.3 is 9.47 Å². The van der Waals surface area contributed by atoms with Crippen molar-refractivity contribution in [3.05, 3.63) is 66.1 Å². The van der Waals surface area contributed by atoms with Gasteiger partial charge in [-0.05, 0) is 55.3 Å². The molecule has 1 aromatic heterocycles. The third-order valence-electron chi connectivity index (χ3n) is 4.41. The highest BCUT2D eigenvalue weighted by molar-refractivity contribution is 5.90. The normalized spacial score (nSPS) is 13.7. The molecule has 3 nitrogen and oxygen atoms in total. The van der Waals surface area contributed by atoms with E-state index in [0.717, 1.165) is 35.4 Å². The zero-order valence-corrected chi connectivity index (χ0v) is 14.0. The van der Waals surface area contributed by atoms with Crippen LogP contribution in [0.3, 0.4) is 0 Å². The predicted molar refractivity (Wildman–Crippen MR) is 96.8 cm³/mol. The highest BCUT2D eigenvalue weighted by Gasteiger charge is 2.29. The Morgan fingerprint density at radius 3 is 2.48 bits per heavy atom. The number of aromatic nitrogens is 1. The number of methoxy groups -OCH3 is 1. The number of hydrogen-bond donors (Lipinski definition) is 0. The molecule has 0 saturated heterocycles. The molecular formula is C21H18FNO2. The van der Waals surface area contributed by atoms with E-state index in [1.54, 1.807) is 19.3 Å². The predicted octanol–water partition coefficient (Wildman–Crippen LogP) is 5.70. The summed E-state index contributed by atoms with van der Waals surface area (Å²) >= 11 is 0. The van der Waals surface area contributed by atoms with Crippen LogP contribution in [0.2, 0.25) is 0 Å². The molecule has 0 atom stereocenters. The van der Waals surface area contributed by atoms with Crippen LogP contribution in [0, 0.1) is 5.82 Å². The van der Waals surface area contributed by atoms with Crippen molar-refractivity contribution in [2.45, 2.75) is 18.8 Å². The molecule has 0 amide bonds. The minimum absolute atomic E-state index is 0.317. The van der Waals surface area contributed by atoms with Crippen LogP contribution in [0.4, 0.5) is 4.39 Å². The smallest absolute Gasteiger partial charge is 0.145 e. The van der Waals surface area contributed by atoms with Crippen LogP contribution in [0.5, 0.6) is 17.2 Å². The number of benzene rings is 2. The molecule has 0 radical (unpaired) electrons. The number of pyridine rings is 1. The lowest BCUT2D eigenvalue weighted by molar-refractivity contribution is 0.413. The van der Waals surface area contributed by atoms with Crippen molar-refractivity contribution in [2.75, 3.05) is 7.11 Å². The molecule has 1 aliphatic rings. The van der Waals surface area contributed by atoms with E-state index >= 15 is 0 Å². The third kappa shape index (κ3) is 2.95. The monoisotopic (exact) mass is 335 g/mol. The second-order valence-corrected chi connectivity index (χ2v) is 6.16. The van der Waals surface area contributed by atoms with Crippen molar-refractivity contribution in [3.63, 3.8) is 0 Å². The van der Waals surface area contributed by atoms with E-state index in [1.165, 1.54) is 12.1 Å². The van der Waals surface area contributed by atoms with Gasteiger partial charge in [-0.3, -0.25) is 4.98 Å². The van der Waals surface area contributed by atoms with Crippen LogP contribution in [-0.2, 0) is 0 Å². The Kier molecular flexibility index (Phi) is 3.88. The van der Waals surface area contributed by atoms with Crippen molar-refractivity contribution in [1.82, 2.24) is 4.98 Å². The van der Waals surface area contributed by atoms with E-state index in [-0.39, 0.29) is 5.82 Å². The summed E-state index contributed by atoms with van der Waals surface area (Å²) in [6.07, 6.45) is 3.98. The van der Waals surface area contributed by atoms with Gasteiger partial charge in [-0.15, -0.1) is 0 Å². The van der Waals surface area contributed by atoms with Gasteiger partial charge in [0.05, 0.1) is 18.3 Å². The molecule has 25 heavy (non-hydrogen) atoms. The maximum Gasteiger partial charge on any atom is 0.145 e. The first kappa shape index (κ1) is 15.6. The molecule has 4 heteroatoms. The molecule has 0 aliphatic heterocycles. The SMILES string of the molecule is C=Cc1c(C2CC2)nc2ccc(F)cc2c1Oc1ccc(OC)cc1. The Bertz CT molecular complexity index is 946.